The molecular formula is C18H25NO4. The Morgan fingerprint density at radius 1 is 1.22 bits per heavy atom. The summed E-state index contributed by atoms with van der Waals surface area (Å²) in [4.78, 5) is 23.0. The van der Waals surface area contributed by atoms with Gasteiger partial charge in [0.15, 0.2) is 0 Å². The number of carboxylic acid groups (broad SMARTS) is 1. The van der Waals surface area contributed by atoms with Crippen LogP contribution in [0.3, 0.4) is 0 Å². The molecule has 2 rings (SSSR count). The fourth-order valence-electron chi connectivity index (χ4n) is 3.10. The lowest BCUT2D eigenvalue weighted by Crippen LogP contribution is -2.33. The molecule has 5 heteroatoms. The third kappa shape index (κ3) is 4.71. The predicted molar refractivity (Wildman–Crippen MR) is 88.6 cm³/mol. The van der Waals surface area contributed by atoms with Gasteiger partial charge in [0.1, 0.15) is 5.75 Å². The number of hydrogen-bond donors (Lipinski definition) is 2. The SMILES string of the molecule is CCC1(C(=O)Nc2ccc(OCCCC(=O)O)cc2)CCCC1. The predicted octanol–water partition coefficient (Wildman–Crippen LogP) is 3.84. The molecule has 1 aliphatic carbocycles. The van der Waals surface area contributed by atoms with E-state index in [1.54, 1.807) is 12.1 Å². The van der Waals surface area contributed by atoms with E-state index >= 15 is 0 Å². The maximum absolute atomic E-state index is 12.5. The number of aliphatic carboxylic acids is 1. The first-order valence-corrected chi connectivity index (χ1v) is 8.32. The van der Waals surface area contributed by atoms with E-state index in [4.69, 9.17) is 9.84 Å². The van der Waals surface area contributed by atoms with Crippen molar-refractivity contribution in [3.8, 4) is 5.75 Å². The Hall–Kier alpha value is -2.04. The molecule has 0 spiro atoms. The van der Waals surface area contributed by atoms with Gasteiger partial charge in [0.25, 0.3) is 0 Å². The molecule has 1 fully saturated rings. The van der Waals surface area contributed by atoms with E-state index < -0.39 is 5.97 Å². The summed E-state index contributed by atoms with van der Waals surface area (Å²) >= 11 is 0. The first-order valence-electron chi connectivity index (χ1n) is 8.32. The van der Waals surface area contributed by atoms with Crippen molar-refractivity contribution in [1.29, 1.82) is 0 Å². The second-order valence-electron chi connectivity index (χ2n) is 6.17. The Morgan fingerprint density at radius 2 is 1.87 bits per heavy atom. The molecule has 0 unspecified atom stereocenters. The normalized spacial score (nSPS) is 16.0. The van der Waals surface area contributed by atoms with Gasteiger partial charge in [-0.25, -0.2) is 0 Å². The maximum atomic E-state index is 12.5. The van der Waals surface area contributed by atoms with E-state index in [1.165, 1.54) is 0 Å². The molecule has 23 heavy (non-hydrogen) atoms. The smallest absolute Gasteiger partial charge is 0.303 e. The molecule has 1 aromatic carbocycles. The molecule has 1 amide bonds. The number of carbonyl (C=O) groups is 2. The number of hydrogen-bond acceptors (Lipinski definition) is 3. The Labute approximate surface area is 137 Å². The highest BCUT2D eigenvalue weighted by Crippen LogP contribution is 2.41. The summed E-state index contributed by atoms with van der Waals surface area (Å²) in [5, 5.41) is 11.6. The number of carbonyl (C=O) groups excluding carboxylic acids is 1. The zero-order valence-electron chi connectivity index (χ0n) is 13.6. The van der Waals surface area contributed by atoms with Crippen LogP contribution in [0.15, 0.2) is 24.3 Å². The van der Waals surface area contributed by atoms with Crippen LogP contribution in [-0.4, -0.2) is 23.6 Å². The van der Waals surface area contributed by atoms with E-state index in [1.807, 2.05) is 12.1 Å². The molecular weight excluding hydrogens is 294 g/mol. The van der Waals surface area contributed by atoms with Gasteiger partial charge < -0.3 is 15.2 Å². The quantitative estimate of drug-likeness (QED) is 0.714. The van der Waals surface area contributed by atoms with Crippen LogP contribution in [0.2, 0.25) is 0 Å². The van der Waals surface area contributed by atoms with Gasteiger partial charge in [-0.05, 0) is 49.9 Å². The van der Waals surface area contributed by atoms with E-state index in [0.717, 1.165) is 37.8 Å². The van der Waals surface area contributed by atoms with Crippen molar-refractivity contribution in [3.63, 3.8) is 0 Å². The Kier molecular flexibility index (Phi) is 6.02. The van der Waals surface area contributed by atoms with Crippen LogP contribution < -0.4 is 10.1 Å². The average Bonchev–Trinajstić information content (AvgIpc) is 3.03. The molecule has 0 aliphatic heterocycles. The van der Waals surface area contributed by atoms with E-state index in [9.17, 15) is 9.59 Å². The van der Waals surface area contributed by atoms with Gasteiger partial charge in [0.2, 0.25) is 5.91 Å². The van der Waals surface area contributed by atoms with Crippen molar-refractivity contribution < 1.29 is 19.4 Å². The molecule has 5 nitrogen and oxygen atoms in total. The van der Waals surface area contributed by atoms with Crippen LogP contribution in [0.4, 0.5) is 5.69 Å². The highest BCUT2D eigenvalue weighted by Gasteiger charge is 2.39. The lowest BCUT2D eigenvalue weighted by Gasteiger charge is -2.26. The van der Waals surface area contributed by atoms with Crippen LogP contribution >= 0.6 is 0 Å². The zero-order valence-corrected chi connectivity index (χ0v) is 13.6. The first kappa shape index (κ1) is 17.3. The molecule has 1 saturated carbocycles. The minimum absolute atomic E-state index is 0.104. The van der Waals surface area contributed by atoms with Crippen molar-refractivity contribution in [2.24, 2.45) is 5.41 Å². The third-order valence-electron chi connectivity index (χ3n) is 4.64. The molecule has 1 aliphatic rings. The van der Waals surface area contributed by atoms with Gasteiger partial charge in [0, 0.05) is 17.5 Å². The molecule has 0 aromatic heterocycles. The average molecular weight is 319 g/mol. The van der Waals surface area contributed by atoms with Gasteiger partial charge in [-0.1, -0.05) is 19.8 Å². The first-order chi connectivity index (χ1) is 11.1. The molecule has 1 aromatic rings. The number of benzene rings is 1. The fourth-order valence-corrected chi connectivity index (χ4v) is 3.10. The summed E-state index contributed by atoms with van der Waals surface area (Å²) in [5.41, 5.74) is 0.569. The number of anilines is 1. The van der Waals surface area contributed by atoms with E-state index in [2.05, 4.69) is 12.2 Å². The molecule has 2 N–H and O–H groups in total. The van der Waals surface area contributed by atoms with Gasteiger partial charge in [-0.15, -0.1) is 0 Å². The summed E-state index contributed by atoms with van der Waals surface area (Å²) in [7, 11) is 0. The molecule has 0 heterocycles. The highest BCUT2D eigenvalue weighted by atomic mass is 16.5. The molecule has 0 bridgehead atoms. The third-order valence-corrected chi connectivity index (χ3v) is 4.64. The summed E-state index contributed by atoms with van der Waals surface area (Å²) in [5.74, 6) is -0.0180. The Bertz CT molecular complexity index is 532. The second kappa shape index (κ2) is 7.99. The number of amides is 1. The maximum Gasteiger partial charge on any atom is 0.303 e. The van der Waals surface area contributed by atoms with E-state index in [-0.39, 0.29) is 17.7 Å². The minimum atomic E-state index is -0.816. The summed E-state index contributed by atoms with van der Waals surface area (Å²) in [6, 6.07) is 7.23. The van der Waals surface area contributed by atoms with Crippen molar-refractivity contribution in [1.82, 2.24) is 0 Å². The standard InChI is InChI=1S/C18H25NO4/c1-2-18(11-3-4-12-18)17(22)19-14-7-9-15(10-8-14)23-13-5-6-16(20)21/h7-10H,2-6,11-13H2,1H3,(H,19,22)(H,20,21). The van der Waals surface area contributed by atoms with Gasteiger partial charge in [-0.2, -0.15) is 0 Å². The molecule has 0 atom stereocenters. The zero-order chi connectivity index (χ0) is 16.7. The largest absolute Gasteiger partial charge is 0.494 e. The lowest BCUT2D eigenvalue weighted by atomic mass is 9.82. The fraction of sp³-hybridized carbons (Fsp3) is 0.556. The van der Waals surface area contributed by atoms with Crippen LogP contribution in [0.25, 0.3) is 0 Å². The Balaban J connectivity index is 1.84. The molecule has 0 radical (unpaired) electrons. The van der Waals surface area contributed by atoms with Crippen LogP contribution in [0.1, 0.15) is 51.9 Å². The Morgan fingerprint density at radius 3 is 2.43 bits per heavy atom. The molecule has 0 saturated heterocycles. The van der Waals surface area contributed by atoms with Crippen molar-refractivity contribution in [2.45, 2.75) is 51.9 Å². The van der Waals surface area contributed by atoms with Gasteiger partial charge in [0.05, 0.1) is 6.61 Å². The van der Waals surface area contributed by atoms with Gasteiger partial charge >= 0.3 is 5.97 Å². The van der Waals surface area contributed by atoms with E-state index in [0.29, 0.717) is 18.8 Å². The topological polar surface area (TPSA) is 75.6 Å². The van der Waals surface area contributed by atoms with Crippen molar-refractivity contribution in [2.75, 3.05) is 11.9 Å². The summed E-state index contributed by atoms with van der Waals surface area (Å²) < 4.78 is 5.48. The van der Waals surface area contributed by atoms with Crippen molar-refractivity contribution in [3.05, 3.63) is 24.3 Å². The number of carboxylic acids is 1. The second-order valence-corrected chi connectivity index (χ2v) is 6.17. The van der Waals surface area contributed by atoms with Crippen LogP contribution in [0.5, 0.6) is 5.75 Å². The minimum Gasteiger partial charge on any atom is -0.494 e. The number of ether oxygens (including phenoxy) is 1. The highest BCUT2D eigenvalue weighted by molar-refractivity contribution is 5.95. The van der Waals surface area contributed by atoms with Crippen molar-refractivity contribution >= 4 is 17.6 Å². The number of nitrogens with one attached hydrogen (secondary N) is 1. The van der Waals surface area contributed by atoms with Crippen LogP contribution in [-0.2, 0) is 9.59 Å². The summed E-state index contributed by atoms with van der Waals surface area (Å²) in [6.07, 6.45) is 5.67. The summed E-state index contributed by atoms with van der Waals surface area (Å²) in [6.45, 7) is 2.45. The molecule has 126 valence electrons. The van der Waals surface area contributed by atoms with Gasteiger partial charge in [-0.3, -0.25) is 9.59 Å². The number of rotatable bonds is 8. The lowest BCUT2D eigenvalue weighted by molar-refractivity contribution is -0.137. The monoisotopic (exact) mass is 319 g/mol. The van der Waals surface area contributed by atoms with Crippen LogP contribution in [0, 0.1) is 5.41 Å².